The van der Waals surface area contributed by atoms with Crippen molar-refractivity contribution >= 4 is 50.7 Å². The topological polar surface area (TPSA) is 105 Å². The van der Waals surface area contributed by atoms with Crippen LogP contribution in [0.4, 0.5) is 5.69 Å². The van der Waals surface area contributed by atoms with Crippen molar-refractivity contribution in [2.75, 3.05) is 25.1 Å². The molecule has 0 aliphatic heterocycles. The molecular weight excluding hydrogens is 601 g/mol. The number of methoxy groups -OCH3 is 2. The van der Waals surface area contributed by atoms with Crippen LogP contribution in [0.1, 0.15) is 32.8 Å². The second kappa shape index (κ2) is 14.6. The first-order valence-electron chi connectivity index (χ1n) is 13.3. The fourth-order valence-corrected chi connectivity index (χ4v) is 5.86. The molecule has 12 heteroatoms. The fraction of sp³-hybridized carbons (Fsp3) is 0.333. The van der Waals surface area contributed by atoms with Gasteiger partial charge >= 0.3 is 0 Å². The number of hydrogen-bond donors (Lipinski definition) is 1. The molecule has 0 saturated carbocycles. The van der Waals surface area contributed by atoms with E-state index in [1.54, 1.807) is 49.4 Å². The van der Waals surface area contributed by atoms with Crippen LogP contribution in [0.25, 0.3) is 0 Å². The van der Waals surface area contributed by atoms with Gasteiger partial charge in [0.15, 0.2) is 11.5 Å². The summed E-state index contributed by atoms with van der Waals surface area (Å²) in [5.74, 6) is -0.311. The molecule has 0 bridgehead atoms. The minimum Gasteiger partial charge on any atom is -0.493 e. The van der Waals surface area contributed by atoms with Gasteiger partial charge in [-0.05, 0) is 62.2 Å². The average molecular weight is 637 g/mol. The zero-order valence-corrected chi connectivity index (χ0v) is 26.5. The predicted molar refractivity (Wildman–Crippen MR) is 165 cm³/mol. The normalized spacial score (nSPS) is 12.6. The van der Waals surface area contributed by atoms with Gasteiger partial charge in [-0.1, -0.05) is 54.4 Å². The van der Waals surface area contributed by atoms with E-state index in [2.05, 4.69) is 5.32 Å². The molecule has 1 N–H and O–H groups in total. The minimum absolute atomic E-state index is 0.00817. The number of carbonyl (C=O) groups excluding carboxylic acids is 2. The molecule has 2 amide bonds. The number of hydrogen-bond acceptors (Lipinski definition) is 6. The zero-order valence-electron chi connectivity index (χ0n) is 24.1. The lowest BCUT2D eigenvalue weighted by Gasteiger charge is -2.32. The summed E-state index contributed by atoms with van der Waals surface area (Å²) in [6.07, 6.45) is 0.696. The van der Waals surface area contributed by atoms with Crippen molar-refractivity contribution in [1.82, 2.24) is 10.2 Å². The number of benzene rings is 3. The second-order valence-corrected chi connectivity index (χ2v) is 12.3. The lowest BCUT2D eigenvalue weighted by Crippen LogP contribution is -2.52. The van der Waals surface area contributed by atoms with Crippen LogP contribution in [0.2, 0.25) is 10.0 Å². The van der Waals surface area contributed by atoms with Gasteiger partial charge in [-0.3, -0.25) is 13.9 Å². The summed E-state index contributed by atoms with van der Waals surface area (Å²) < 4.78 is 39.6. The van der Waals surface area contributed by atoms with Gasteiger partial charge in [-0.2, -0.15) is 0 Å². The van der Waals surface area contributed by atoms with Gasteiger partial charge in [-0.15, -0.1) is 0 Å². The van der Waals surface area contributed by atoms with Crippen LogP contribution >= 0.6 is 23.2 Å². The predicted octanol–water partition coefficient (Wildman–Crippen LogP) is 5.54. The quantitative estimate of drug-likeness (QED) is 0.264. The van der Waals surface area contributed by atoms with Crippen LogP contribution in [-0.2, 0) is 26.2 Å². The fourth-order valence-electron chi connectivity index (χ4n) is 4.11. The zero-order chi connectivity index (χ0) is 31.0. The Morgan fingerprint density at radius 3 is 2.17 bits per heavy atom. The van der Waals surface area contributed by atoms with E-state index in [0.717, 1.165) is 4.31 Å². The minimum atomic E-state index is -4.23. The molecule has 0 radical (unpaired) electrons. The number of nitrogens with zero attached hydrogens (tertiary/aromatic N) is 2. The standard InChI is InChI=1S/C30H35Cl2N3O6S/c1-6-20(2)33-30(37)21(3)34(18-22-12-14-25(31)26(32)16-22)29(36)19-35(42(38,39)24-10-8-7-9-11-24)23-13-15-27(40-4)28(17-23)41-5/h7-17,20-21H,6,18-19H2,1-5H3,(H,33,37)/t20-,21+/m0/s1. The Morgan fingerprint density at radius 2 is 1.57 bits per heavy atom. The molecule has 0 saturated heterocycles. The van der Waals surface area contributed by atoms with E-state index in [1.165, 1.54) is 43.4 Å². The number of halogens is 2. The number of amides is 2. The van der Waals surface area contributed by atoms with Crippen molar-refractivity contribution < 1.29 is 27.5 Å². The monoisotopic (exact) mass is 635 g/mol. The summed E-state index contributed by atoms with van der Waals surface area (Å²) in [4.78, 5) is 28.6. The van der Waals surface area contributed by atoms with E-state index in [1.807, 2.05) is 13.8 Å². The highest BCUT2D eigenvalue weighted by Gasteiger charge is 2.33. The van der Waals surface area contributed by atoms with Crippen LogP contribution in [-0.4, -0.2) is 58.0 Å². The smallest absolute Gasteiger partial charge is 0.264 e. The first-order valence-corrected chi connectivity index (χ1v) is 15.5. The Bertz CT molecular complexity index is 1500. The van der Waals surface area contributed by atoms with E-state index in [0.29, 0.717) is 22.8 Å². The molecule has 0 unspecified atom stereocenters. The molecule has 0 aliphatic rings. The molecule has 0 fully saturated rings. The first-order chi connectivity index (χ1) is 19.9. The average Bonchev–Trinajstić information content (AvgIpc) is 2.99. The third-order valence-electron chi connectivity index (χ3n) is 6.77. The molecule has 42 heavy (non-hydrogen) atoms. The van der Waals surface area contributed by atoms with Crippen molar-refractivity contribution in [3.8, 4) is 11.5 Å². The highest BCUT2D eigenvalue weighted by Crippen LogP contribution is 2.34. The number of ether oxygens (including phenoxy) is 2. The Hall–Kier alpha value is -3.47. The van der Waals surface area contributed by atoms with Gasteiger partial charge in [0.2, 0.25) is 11.8 Å². The van der Waals surface area contributed by atoms with E-state index >= 15 is 0 Å². The summed E-state index contributed by atoms with van der Waals surface area (Å²) in [6, 6.07) is 16.2. The van der Waals surface area contributed by atoms with Crippen molar-refractivity contribution in [3.05, 3.63) is 82.3 Å². The highest BCUT2D eigenvalue weighted by molar-refractivity contribution is 7.92. The van der Waals surface area contributed by atoms with Crippen LogP contribution < -0.4 is 19.1 Å². The molecule has 0 aromatic heterocycles. The van der Waals surface area contributed by atoms with Crippen molar-refractivity contribution in [1.29, 1.82) is 0 Å². The third kappa shape index (κ3) is 7.87. The molecule has 9 nitrogen and oxygen atoms in total. The first kappa shape index (κ1) is 33.0. The van der Waals surface area contributed by atoms with Gasteiger partial charge in [0.05, 0.1) is 34.8 Å². The van der Waals surface area contributed by atoms with Crippen LogP contribution in [0.5, 0.6) is 11.5 Å². The molecule has 0 heterocycles. The van der Waals surface area contributed by atoms with E-state index in [4.69, 9.17) is 32.7 Å². The number of sulfonamides is 1. The Morgan fingerprint density at radius 1 is 0.905 bits per heavy atom. The summed E-state index contributed by atoms with van der Waals surface area (Å²) >= 11 is 12.3. The number of anilines is 1. The van der Waals surface area contributed by atoms with Gasteiger partial charge in [-0.25, -0.2) is 8.42 Å². The Balaban J connectivity index is 2.08. The van der Waals surface area contributed by atoms with E-state index < -0.39 is 28.5 Å². The molecule has 3 aromatic carbocycles. The number of carbonyl (C=O) groups is 2. The summed E-state index contributed by atoms with van der Waals surface area (Å²) in [5, 5.41) is 3.53. The van der Waals surface area contributed by atoms with Gasteiger partial charge < -0.3 is 19.7 Å². The molecule has 226 valence electrons. The van der Waals surface area contributed by atoms with Crippen LogP contribution in [0, 0.1) is 0 Å². The maximum absolute atomic E-state index is 14.1. The van der Waals surface area contributed by atoms with E-state index in [-0.39, 0.29) is 39.8 Å². The molecule has 0 aliphatic carbocycles. The molecule has 3 aromatic rings. The number of nitrogens with one attached hydrogen (secondary N) is 1. The van der Waals surface area contributed by atoms with Crippen LogP contribution in [0.3, 0.4) is 0 Å². The van der Waals surface area contributed by atoms with Gasteiger partial charge in [0.1, 0.15) is 12.6 Å². The highest BCUT2D eigenvalue weighted by atomic mass is 35.5. The summed E-state index contributed by atoms with van der Waals surface area (Å²) in [6.45, 7) is 4.77. The van der Waals surface area contributed by atoms with Gasteiger partial charge in [0.25, 0.3) is 10.0 Å². The largest absolute Gasteiger partial charge is 0.493 e. The maximum atomic E-state index is 14.1. The Labute approximate surface area is 257 Å². The lowest BCUT2D eigenvalue weighted by molar-refractivity contribution is -0.139. The molecule has 2 atom stereocenters. The summed E-state index contributed by atoms with van der Waals surface area (Å²) in [7, 11) is -1.34. The van der Waals surface area contributed by atoms with Crippen LogP contribution in [0.15, 0.2) is 71.6 Å². The Kier molecular flexibility index (Phi) is 11.5. The van der Waals surface area contributed by atoms with Crippen molar-refractivity contribution in [2.45, 2.75) is 50.7 Å². The van der Waals surface area contributed by atoms with Gasteiger partial charge in [0, 0.05) is 18.7 Å². The SMILES string of the molecule is CC[C@H](C)NC(=O)[C@@H](C)N(Cc1ccc(Cl)c(Cl)c1)C(=O)CN(c1ccc(OC)c(OC)c1)S(=O)(=O)c1ccccc1. The van der Waals surface area contributed by atoms with Crippen molar-refractivity contribution in [2.24, 2.45) is 0 Å². The third-order valence-corrected chi connectivity index (χ3v) is 9.30. The molecule has 3 rings (SSSR count). The molecule has 0 spiro atoms. The maximum Gasteiger partial charge on any atom is 0.264 e. The van der Waals surface area contributed by atoms with Crippen molar-refractivity contribution in [3.63, 3.8) is 0 Å². The second-order valence-electron chi connectivity index (χ2n) is 9.63. The molecular formula is C30H35Cl2N3O6S. The number of rotatable bonds is 13. The lowest BCUT2D eigenvalue weighted by atomic mass is 10.1. The van der Waals surface area contributed by atoms with E-state index in [9.17, 15) is 18.0 Å². The summed E-state index contributed by atoms with van der Waals surface area (Å²) in [5.41, 5.74) is 0.792.